The van der Waals surface area contributed by atoms with Crippen molar-refractivity contribution < 1.29 is 14.3 Å². The molecule has 3 N–H and O–H groups in total. The number of amides is 2. The van der Waals surface area contributed by atoms with Crippen molar-refractivity contribution in [2.45, 2.75) is 6.54 Å². The van der Waals surface area contributed by atoms with Gasteiger partial charge < -0.3 is 15.8 Å². The molecule has 0 radical (unpaired) electrons. The first-order chi connectivity index (χ1) is 12.5. The second kappa shape index (κ2) is 8.16. The maximum Gasteiger partial charge on any atom is 0.251 e. The van der Waals surface area contributed by atoms with Gasteiger partial charge in [-0.1, -0.05) is 0 Å². The van der Waals surface area contributed by atoms with E-state index in [-0.39, 0.29) is 5.91 Å². The number of carbonyl (C=O) groups excluding carboxylic acids is 2. The first-order valence-corrected chi connectivity index (χ1v) is 9.32. The van der Waals surface area contributed by atoms with Crippen molar-refractivity contribution in [1.29, 1.82) is 0 Å². The molecule has 0 fully saturated rings. The first-order valence-electron chi connectivity index (χ1n) is 7.71. The summed E-state index contributed by atoms with van der Waals surface area (Å²) in [6, 6.07) is 17.3. The molecule has 0 atom stereocenters. The van der Waals surface area contributed by atoms with E-state index in [1.165, 1.54) is 0 Å². The summed E-state index contributed by atoms with van der Waals surface area (Å²) in [5.74, 6) is 0.541. The predicted octanol–water partition coefficient (Wildman–Crippen LogP) is 4.33. The normalized spacial score (nSPS) is 10.3. The summed E-state index contributed by atoms with van der Waals surface area (Å²) in [6.07, 6.45) is 0. The maximum absolute atomic E-state index is 12.2. The third-order valence-corrected chi connectivity index (χ3v) is 5.17. The second-order valence-corrected chi connectivity index (χ2v) is 7.95. The number of primary amides is 1. The van der Waals surface area contributed by atoms with Gasteiger partial charge >= 0.3 is 0 Å². The Morgan fingerprint density at radius 1 is 0.923 bits per heavy atom. The van der Waals surface area contributed by atoms with E-state index >= 15 is 0 Å². The molecule has 2 amide bonds. The molecule has 0 aliphatic rings. The Morgan fingerprint density at radius 3 is 2.00 bits per heavy atom. The number of ether oxygens (including phenoxy) is 1. The number of nitrogens with one attached hydrogen (secondary N) is 1. The maximum atomic E-state index is 12.2. The van der Waals surface area contributed by atoms with Gasteiger partial charge in [0.15, 0.2) is 0 Å². The first kappa shape index (κ1) is 18.2. The molecular formula is C19H15BrN2O3S. The fourth-order valence-corrected chi connectivity index (χ4v) is 3.64. The van der Waals surface area contributed by atoms with Gasteiger partial charge in [0, 0.05) is 16.0 Å². The van der Waals surface area contributed by atoms with Crippen LogP contribution >= 0.6 is 27.3 Å². The lowest BCUT2D eigenvalue weighted by Crippen LogP contribution is -2.22. The molecule has 0 aliphatic carbocycles. The van der Waals surface area contributed by atoms with E-state index in [9.17, 15) is 9.59 Å². The van der Waals surface area contributed by atoms with Crippen LogP contribution in [0.1, 0.15) is 25.6 Å². The molecule has 5 nitrogen and oxygen atoms in total. The molecule has 3 aromatic rings. The van der Waals surface area contributed by atoms with E-state index in [4.69, 9.17) is 10.5 Å². The Morgan fingerprint density at radius 2 is 1.50 bits per heavy atom. The van der Waals surface area contributed by atoms with Crippen LogP contribution in [0.25, 0.3) is 0 Å². The average Bonchev–Trinajstić information content (AvgIpc) is 3.06. The zero-order valence-electron chi connectivity index (χ0n) is 13.6. The van der Waals surface area contributed by atoms with E-state index in [0.717, 1.165) is 8.66 Å². The molecule has 2 aromatic carbocycles. The molecule has 0 saturated heterocycles. The van der Waals surface area contributed by atoms with E-state index in [2.05, 4.69) is 21.2 Å². The van der Waals surface area contributed by atoms with E-state index in [1.54, 1.807) is 59.9 Å². The van der Waals surface area contributed by atoms with Crippen LogP contribution in [0.15, 0.2) is 64.5 Å². The highest BCUT2D eigenvalue weighted by Gasteiger charge is 2.07. The molecule has 7 heteroatoms. The van der Waals surface area contributed by atoms with Crippen molar-refractivity contribution in [3.8, 4) is 11.5 Å². The number of halogens is 1. The monoisotopic (exact) mass is 430 g/mol. The summed E-state index contributed by atoms with van der Waals surface area (Å²) < 4.78 is 6.73. The highest BCUT2D eigenvalue weighted by molar-refractivity contribution is 9.11. The Balaban J connectivity index is 1.58. The zero-order chi connectivity index (χ0) is 18.5. The standard InChI is InChI=1S/C19H15BrN2O3S/c20-17-10-9-16(26-17)11-22-19(24)13-3-7-15(8-4-13)25-14-5-1-12(2-6-14)18(21)23/h1-10H,11H2,(H2,21,23)(H,22,24). The van der Waals surface area contributed by atoms with Gasteiger partial charge in [0.05, 0.1) is 10.3 Å². The second-order valence-electron chi connectivity index (χ2n) is 5.40. The lowest BCUT2D eigenvalue weighted by molar-refractivity contribution is 0.0950. The Hall–Kier alpha value is -2.64. The molecule has 0 bridgehead atoms. The van der Waals surface area contributed by atoms with Crippen LogP contribution in [0.3, 0.4) is 0 Å². The summed E-state index contributed by atoms with van der Waals surface area (Å²) in [5.41, 5.74) is 6.18. The number of rotatable bonds is 6. The van der Waals surface area contributed by atoms with Gasteiger partial charge in [-0.3, -0.25) is 9.59 Å². The van der Waals surface area contributed by atoms with E-state index < -0.39 is 5.91 Å². The minimum atomic E-state index is -0.484. The van der Waals surface area contributed by atoms with Gasteiger partial charge in [0.2, 0.25) is 5.91 Å². The molecule has 0 saturated carbocycles. The molecule has 3 rings (SSSR count). The van der Waals surface area contributed by atoms with Crippen molar-refractivity contribution >= 4 is 39.1 Å². The highest BCUT2D eigenvalue weighted by atomic mass is 79.9. The molecule has 0 aliphatic heterocycles. The molecule has 0 unspecified atom stereocenters. The number of nitrogens with two attached hydrogens (primary N) is 1. The number of thiophene rings is 1. The van der Waals surface area contributed by atoms with Gasteiger partial charge in [-0.25, -0.2) is 0 Å². The lowest BCUT2D eigenvalue weighted by atomic mass is 10.2. The predicted molar refractivity (Wildman–Crippen MR) is 105 cm³/mol. The fourth-order valence-electron chi connectivity index (χ4n) is 2.21. The Bertz CT molecular complexity index is 921. The number of hydrogen-bond donors (Lipinski definition) is 2. The molecule has 1 aromatic heterocycles. The SMILES string of the molecule is NC(=O)c1ccc(Oc2ccc(C(=O)NCc3ccc(Br)s3)cc2)cc1. The highest BCUT2D eigenvalue weighted by Crippen LogP contribution is 2.23. The number of carbonyl (C=O) groups is 2. The molecule has 1 heterocycles. The van der Waals surface area contributed by atoms with Crippen LogP contribution in [0.5, 0.6) is 11.5 Å². The van der Waals surface area contributed by atoms with E-state index in [1.807, 2.05) is 12.1 Å². The van der Waals surface area contributed by atoms with Gasteiger partial charge in [-0.2, -0.15) is 0 Å². The summed E-state index contributed by atoms with van der Waals surface area (Å²) >= 11 is 4.98. The Labute approximate surface area is 162 Å². The van der Waals surface area contributed by atoms with Crippen LogP contribution < -0.4 is 15.8 Å². The number of benzene rings is 2. The molecule has 132 valence electrons. The zero-order valence-corrected chi connectivity index (χ0v) is 16.0. The fraction of sp³-hybridized carbons (Fsp3) is 0.0526. The van der Waals surface area contributed by atoms with Gasteiger partial charge in [-0.05, 0) is 76.6 Å². The summed E-state index contributed by atoms with van der Waals surface area (Å²) in [4.78, 5) is 24.3. The third-order valence-electron chi connectivity index (χ3n) is 3.54. The van der Waals surface area contributed by atoms with Crippen LogP contribution in [0, 0.1) is 0 Å². The van der Waals surface area contributed by atoms with Crippen molar-refractivity contribution in [2.75, 3.05) is 0 Å². The average molecular weight is 431 g/mol. The van der Waals surface area contributed by atoms with Crippen molar-refractivity contribution in [3.63, 3.8) is 0 Å². The molecule has 0 spiro atoms. The quantitative estimate of drug-likeness (QED) is 0.610. The van der Waals surface area contributed by atoms with Gasteiger partial charge in [0.1, 0.15) is 11.5 Å². The molecular weight excluding hydrogens is 416 g/mol. The summed E-state index contributed by atoms with van der Waals surface area (Å²) in [6.45, 7) is 0.486. The summed E-state index contributed by atoms with van der Waals surface area (Å²) in [5, 5.41) is 2.88. The summed E-state index contributed by atoms with van der Waals surface area (Å²) in [7, 11) is 0. The van der Waals surface area contributed by atoms with Crippen LogP contribution in [-0.4, -0.2) is 11.8 Å². The smallest absolute Gasteiger partial charge is 0.251 e. The third kappa shape index (κ3) is 4.71. The number of hydrogen-bond acceptors (Lipinski definition) is 4. The van der Waals surface area contributed by atoms with Crippen molar-refractivity contribution in [2.24, 2.45) is 5.73 Å². The van der Waals surface area contributed by atoms with Gasteiger partial charge in [-0.15, -0.1) is 11.3 Å². The van der Waals surface area contributed by atoms with Crippen molar-refractivity contribution in [1.82, 2.24) is 5.32 Å². The van der Waals surface area contributed by atoms with E-state index in [0.29, 0.717) is 29.2 Å². The Kier molecular flexibility index (Phi) is 5.70. The largest absolute Gasteiger partial charge is 0.457 e. The topological polar surface area (TPSA) is 81.4 Å². The van der Waals surface area contributed by atoms with Crippen LogP contribution in [0.2, 0.25) is 0 Å². The van der Waals surface area contributed by atoms with Crippen molar-refractivity contribution in [3.05, 3.63) is 80.5 Å². The van der Waals surface area contributed by atoms with Crippen LogP contribution in [0.4, 0.5) is 0 Å². The molecule has 26 heavy (non-hydrogen) atoms. The minimum absolute atomic E-state index is 0.146. The van der Waals surface area contributed by atoms with Gasteiger partial charge in [0.25, 0.3) is 5.91 Å². The minimum Gasteiger partial charge on any atom is -0.457 e. The van der Waals surface area contributed by atoms with Crippen LogP contribution in [-0.2, 0) is 6.54 Å². The lowest BCUT2D eigenvalue weighted by Gasteiger charge is -2.08.